The van der Waals surface area contributed by atoms with Crippen LogP contribution in [-0.2, 0) is 9.53 Å². The summed E-state index contributed by atoms with van der Waals surface area (Å²) in [4.78, 5) is 11.7. The number of hydrogen-bond acceptors (Lipinski definition) is 6. The first-order chi connectivity index (χ1) is 16.1. The Balaban J connectivity index is 1.68. The van der Waals surface area contributed by atoms with E-state index in [1.165, 1.54) is 0 Å². The van der Waals surface area contributed by atoms with Gasteiger partial charge in [0.1, 0.15) is 12.4 Å². The van der Waals surface area contributed by atoms with Crippen LogP contribution in [0.5, 0.6) is 5.75 Å². The molecule has 1 aliphatic carbocycles. The van der Waals surface area contributed by atoms with Crippen LogP contribution < -0.4 is 4.74 Å². The number of ether oxygens (including phenoxy) is 2. The van der Waals surface area contributed by atoms with Crippen molar-refractivity contribution in [1.29, 1.82) is 0 Å². The first-order valence-electron chi connectivity index (χ1n) is 12.3. The van der Waals surface area contributed by atoms with Crippen molar-refractivity contribution >= 4 is 17.6 Å². The molecule has 192 valence electrons. The molecule has 1 aromatic carbocycles. The van der Waals surface area contributed by atoms with Crippen LogP contribution in [0.4, 0.5) is 0 Å². The standard InChI is InChI=1S/C27H41ClO6/c1-27(2,3)26(32)33-15-8-6-4-5-7-12-22-23(25(31)17-24(22)30)14-13-20(29)18-34-21-11-9-10-19(28)16-21/h5,7,9-11,16,20,22-25,29-31H,4,6,8,12-15,17-18H2,1-3H3/b7-5+. The molecule has 34 heavy (non-hydrogen) atoms. The van der Waals surface area contributed by atoms with Gasteiger partial charge in [0.2, 0.25) is 0 Å². The van der Waals surface area contributed by atoms with Gasteiger partial charge in [-0.25, -0.2) is 0 Å². The topological polar surface area (TPSA) is 96.2 Å². The summed E-state index contributed by atoms with van der Waals surface area (Å²) in [5.41, 5.74) is -0.470. The lowest BCUT2D eigenvalue weighted by Crippen LogP contribution is -2.25. The second-order valence-electron chi connectivity index (χ2n) is 10.3. The minimum atomic E-state index is -0.660. The third kappa shape index (κ3) is 9.95. The molecule has 6 nitrogen and oxygen atoms in total. The molecule has 1 aromatic rings. The number of aliphatic hydroxyl groups excluding tert-OH is 3. The summed E-state index contributed by atoms with van der Waals surface area (Å²) >= 11 is 5.95. The van der Waals surface area contributed by atoms with Crippen molar-refractivity contribution in [3.63, 3.8) is 0 Å². The predicted octanol–water partition coefficient (Wildman–Crippen LogP) is 4.92. The molecule has 0 amide bonds. The lowest BCUT2D eigenvalue weighted by molar-refractivity contribution is -0.153. The molecule has 2 rings (SSSR count). The van der Waals surface area contributed by atoms with E-state index in [-0.39, 0.29) is 24.4 Å². The zero-order valence-corrected chi connectivity index (χ0v) is 21.4. The van der Waals surface area contributed by atoms with E-state index in [9.17, 15) is 20.1 Å². The van der Waals surface area contributed by atoms with Gasteiger partial charge < -0.3 is 24.8 Å². The fraction of sp³-hybridized carbons (Fsp3) is 0.667. The third-order valence-corrected chi connectivity index (χ3v) is 6.51. The highest BCUT2D eigenvalue weighted by molar-refractivity contribution is 6.30. The number of rotatable bonds is 13. The summed E-state index contributed by atoms with van der Waals surface area (Å²) in [5, 5.41) is 31.8. The molecule has 0 heterocycles. The Morgan fingerprint density at radius 3 is 2.62 bits per heavy atom. The summed E-state index contributed by atoms with van der Waals surface area (Å²) in [6.45, 7) is 6.12. The zero-order valence-electron chi connectivity index (χ0n) is 20.7. The van der Waals surface area contributed by atoms with E-state index in [1.54, 1.807) is 24.3 Å². The Morgan fingerprint density at radius 1 is 1.18 bits per heavy atom. The Kier molecular flexibility index (Phi) is 11.9. The zero-order chi connectivity index (χ0) is 25.1. The van der Waals surface area contributed by atoms with E-state index in [1.807, 2.05) is 20.8 Å². The Labute approximate surface area is 208 Å². The number of allylic oxidation sites excluding steroid dienone is 2. The van der Waals surface area contributed by atoms with E-state index >= 15 is 0 Å². The van der Waals surface area contributed by atoms with Crippen molar-refractivity contribution in [2.45, 2.75) is 84.0 Å². The van der Waals surface area contributed by atoms with Gasteiger partial charge in [-0.1, -0.05) is 29.8 Å². The SMILES string of the molecule is CC(C)(C)C(=O)OCCCC/C=C/CC1C(O)CC(O)C1CCC(O)COc1cccc(Cl)c1. The molecule has 5 atom stereocenters. The van der Waals surface area contributed by atoms with Gasteiger partial charge in [0.05, 0.1) is 30.3 Å². The van der Waals surface area contributed by atoms with E-state index < -0.39 is 23.7 Å². The van der Waals surface area contributed by atoms with Crippen molar-refractivity contribution in [1.82, 2.24) is 0 Å². The van der Waals surface area contributed by atoms with Crippen LogP contribution in [0.3, 0.4) is 0 Å². The number of benzene rings is 1. The molecule has 1 fully saturated rings. The van der Waals surface area contributed by atoms with Gasteiger partial charge in [-0.3, -0.25) is 4.79 Å². The number of carbonyl (C=O) groups excluding carboxylic acids is 1. The lowest BCUT2D eigenvalue weighted by Gasteiger charge is -2.23. The summed E-state index contributed by atoms with van der Waals surface area (Å²) in [7, 11) is 0. The predicted molar refractivity (Wildman–Crippen MR) is 134 cm³/mol. The Hall–Kier alpha value is -1.60. The number of esters is 1. The van der Waals surface area contributed by atoms with Crippen LogP contribution in [0.15, 0.2) is 36.4 Å². The first kappa shape index (κ1) is 28.6. The van der Waals surface area contributed by atoms with Crippen molar-refractivity contribution in [3.05, 3.63) is 41.4 Å². The molecule has 5 unspecified atom stereocenters. The molecular weight excluding hydrogens is 456 g/mol. The lowest BCUT2D eigenvalue weighted by atomic mass is 9.86. The summed E-state index contributed by atoms with van der Waals surface area (Å²) < 4.78 is 10.9. The Bertz CT molecular complexity index is 775. The van der Waals surface area contributed by atoms with Gasteiger partial charge in [-0.2, -0.15) is 0 Å². The molecule has 0 aliphatic heterocycles. The maximum Gasteiger partial charge on any atom is 0.311 e. The highest BCUT2D eigenvalue weighted by Gasteiger charge is 2.40. The molecule has 0 bridgehead atoms. The number of halogens is 1. The van der Waals surface area contributed by atoms with Crippen molar-refractivity contribution in [2.24, 2.45) is 17.3 Å². The highest BCUT2D eigenvalue weighted by atomic mass is 35.5. The van der Waals surface area contributed by atoms with E-state index in [4.69, 9.17) is 21.1 Å². The minimum Gasteiger partial charge on any atom is -0.491 e. The molecule has 3 N–H and O–H groups in total. The number of carbonyl (C=O) groups is 1. The van der Waals surface area contributed by atoms with Gasteiger partial charge in [-0.15, -0.1) is 0 Å². The monoisotopic (exact) mass is 496 g/mol. The van der Waals surface area contributed by atoms with Gasteiger partial charge in [-0.05, 0) is 95.8 Å². The highest BCUT2D eigenvalue weighted by Crippen LogP contribution is 2.38. The second-order valence-corrected chi connectivity index (χ2v) is 10.7. The van der Waals surface area contributed by atoms with Gasteiger partial charge in [0, 0.05) is 5.02 Å². The number of aliphatic hydroxyl groups is 3. The summed E-state index contributed by atoms with van der Waals surface area (Å²) in [5.74, 6) is 0.347. The van der Waals surface area contributed by atoms with Crippen LogP contribution in [-0.4, -0.2) is 52.8 Å². The maximum absolute atomic E-state index is 11.7. The molecule has 0 saturated heterocycles. The maximum atomic E-state index is 11.7. The number of unbranched alkanes of at least 4 members (excludes halogenated alkanes) is 2. The van der Waals surface area contributed by atoms with Crippen LogP contribution >= 0.6 is 11.6 Å². The average molecular weight is 497 g/mol. The second kappa shape index (κ2) is 14.1. The molecule has 7 heteroatoms. The Morgan fingerprint density at radius 2 is 1.91 bits per heavy atom. The van der Waals surface area contributed by atoms with Crippen LogP contribution in [0.1, 0.15) is 65.7 Å². The smallest absolute Gasteiger partial charge is 0.311 e. The third-order valence-electron chi connectivity index (χ3n) is 6.28. The van der Waals surface area contributed by atoms with Crippen LogP contribution in [0.2, 0.25) is 5.02 Å². The van der Waals surface area contributed by atoms with Crippen molar-refractivity contribution < 1.29 is 29.6 Å². The minimum absolute atomic E-state index is 0.0277. The van der Waals surface area contributed by atoms with Gasteiger partial charge >= 0.3 is 5.97 Å². The fourth-order valence-electron chi connectivity index (χ4n) is 4.24. The first-order valence-corrected chi connectivity index (χ1v) is 12.7. The van der Waals surface area contributed by atoms with Crippen LogP contribution in [0.25, 0.3) is 0 Å². The van der Waals surface area contributed by atoms with E-state index in [0.717, 1.165) is 19.3 Å². The van der Waals surface area contributed by atoms with Crippen LogP contribution in [0, 0.1) is 17.3 Å². The molecule has 0 radical (unpaired) electrons. The van der Waals surface area contributed by atoms with Gasteiger partial charge in [0.15, 0.2) is 0 Å². The summed E-state index contributed by atoms with van der Waals surface area (Å²) in [6, 6.07) is 7.04. The molecule has 1 aliphatic rings. The molecular formula is C27H41ClO6. The van der Waals surface area contributed by atoms with Gasteiger partial charge in [0.25, 0.3) is 0 Å². The normalized spacial score (nSPS) is 23.9. The van der Waals surface area contributed by atoms with E-state index in [2.05, 4.69) is 12.2 Å². The molecule has 0 spiro atoms. The fourth-order valence-corrected chi connectivity index (χ4v) is 4.42. The largest absolute Gasteiger partial charge is 0.491 e. The number of hydrogen-bond donors (Lipinski definition) is 3. The van der Waals surface area contributed by atoms with E-state index in [0.29, 0.717) is 43.1 Å². The average Bonchev–Trinajstić information content (AvgIpc) is 3.03. The molecule has 0 aromatic heterocycles. The quantitative estimate of drug-likeness (QED) is 0.204. The summed E-state index contributed by atoms with van der Waals surface area (Å²) in [6.07, 6.45) is 7.18. The molecule has 1 saturated carbocycles. The van der Waals surface area contributed by atoms with Crippen molar-refractivity contribution in [2.75, 3.05) is 13.2 Å². The van der Waals surface area contributed by atoms with Crippen molar-refractivity contribution in [3.8, 4) is 5.75 Å².